The van der Waals surface area contributed by atoms with Crippen molar-refractivity contribution in [1.82, 2.24) is 19.5 Å². The highest BCUT2D eigenvalue weighted by molar-refractivity contribution is 5.82. The minimum Gasteiger partial charge on any atom is -0.463 e. The zero-order valence-corrected chi connectivity index (χ0v) is 12.9. The molecule has 0 saturated heterocycles. The summed E-state index contributed by atoms with van der Waals surface area (Å²) >= 11 is 0. The van der Waals surface area contributed by atoms with Gasteiger partial charge in [-0.25, -0.2) is 4.68 Å². The molecule has 3 aromatic rings. The lowest BCUT2D eigenvalue weighted by atomic mass is 10.2. The van der Waals surface area contributed by atoms with Crippen LogP contribution in [-0.2, 0) is 11.3 Å². The number of aryl methyl sites for hydroxylation is 1. The third kappa shape index (κ3) is 2.32. The maximum absolute atomic E-state index is 12.6. The Labute approximate surface area is 131 Å². The standard InChI is InChI=1S/C16H18N4O3/c1-10-18-19(9-15(21)17-11-4-2-3-5-11)16(22)13-8-14-12(20(10)13)6-7-23-14/h6-8,11H,2-5,9H2,1H3,(H,17,21). The number of carbonyl (C=O) groups is 1. The predicted molar refractivity (Wildman–Crippen MR) is 84.4 cm³/mol. The zero-order valence-electron chi connectivity index (χ0n) is 12.9. The van der Waals surface area contributed by atoms with Gasteiger partial charge in [0.1, 0.15) is 17.9 Å². The van der Waals surface area contributed by atoms with Gasteiger partial charge in [0, 0.05) is 18.2 Å². The second-order valence-corrected chi connectivity index (χ2v) is 6.09. The minimum atomic E-state index is -0.288. The van der Waals surface area contributed by atoms with E-state index < -0.39 is 0 Å². The Hall–Kier alpha value is -2.57. The molecule has 1 saturated carbocycles. The number of nitrogens with zero attached hydrogens (tertiary/aromatic N) is 3. The first-order valence-electron chi connectivity index (χ1n) is 7.89. The van der Waals surface area contributed by atoms with Crippen LogP contribution in [-0.4, -0.2) is 26.1 Å². The predicted octanol–water partition coefficient (Wildman–Crippen LogP) is 1.61. The highest BCUT2D eigenvalue weighted by Gasteiger charge is 2.19. The average molecular weight is 314 g/mol. The van der Waals surface area contributed by atoms with Crippen molar-refractivity contribution in [2.24, 2.45) is 0 Å². The van der Waals surface area contributed by atoms with Crippen molar-refractivity contribution in [3.8, 4) is 0 Å². The Morgan fingerprint density at radius 2 is 2.17 bits per heavy atom. The van der Waals surface area contributed by atoms with Crippen molar-refractivity contribution in [1.29, 1.82) is 0 Å². The van der Waals surface area contributed by atoms with E-state index in [1.807, 2.05) is 6.92 Å². The molecule has 1 aliphatic rings. The van der Waals surface area contributed by atoms with Crippen LogP contribution in [0.25, 0.3) is 16.6 Å². The molecule has 0 aliphatic heterocycles. The zero-order chi connectivity index (χ0) is 16.0. The fraction of sp³-hybridized carbons (Fsp3) is 0.438. The molecule has 0 radical (unpaired) electrons. The first-order valence-corrected chi connectivity index (χ1v) is 7.89. The van der Waals surface area contributed by atoms with Crippen molar-refractivity contribution >= 4 is 22.5 Å². The molecular weight excluding hydrogens is 296 g/mol. The van der Waals surface area contributed by atoms with Crippen LogP contribution in [0.5, 0.6) is 0 Å². The maximum atomic E-state index is 12.6. The van der Waals surface area contributed by atoms with Crippen LogP contribution in [0.15, 0.2) is 27.6 Å². The summed E-state index contributed by atoms with van der Waals surface area (Å²) in [5.74, 6) is 0.482. The summed E-state index contributed by atoms with van der Waals surface area (Å²) < 4.78 is 8.33. The molecule has 0 atom stereocenters. The lowest BCUT2D eigenvalue weighted by Crippen LogP contribution is -2.38. The van der Waals surface area contributed by atoms with Crippen LogP contribution < -0.4 is 10.9 Å². The summed E-state index contributed by atoms with van der Waals surface area (Å²) in [6.45, 7) is 1.75. The van der Waals surface area contributed by atoms with E-state index in [-0.39, 0.29) is 24.1 Å². The molecule has 3 aromatic heterocycles. The molecular formula is C16H18N4O3. The topological polar surface area (TPSA) is 81.5 Å². The lowest BCUT2D eigenvalue weighted by molar-refractivity contribution is -0.122. The van der Waals surface area contributed by atoms with E-state index in [1.165, 1.54) is 4.68 Å². The number of rotatable bonds is 3. The number of fused-ring (bicyclic) bond motifs is 3. The molecule has 0 spiro atoms. The van der Waals surface area contributed by atoms with Crippen LogP contribution >= 0.6 is 0 Å². The van der Waals surface area contributed by atoms with Gasteiger partial charge < -0.3 is 9.73 Å². The van der Waals surface area contributed by atoms with Crippen LogP contribution in [0.4, 0.5) is 0 Å². The Morgan fingerprint density at radius 3 is 2.96 bits per heavy atom. The lowest BCUT2D eigenvalue weighted by Gasteiger charge is -2.13. The summed E-state index contributed by atoms with van der Waals surface area (Å²) in [5, 5.41) is 7.26. The van der Waals surface area contributed by atoms with Crippen molar-refractivity contribution in [3.05, 3.63) is 34.6 Å². The molecule has 7 heteroatoms. The van der Waals surface area contributed by atoms with Crippen LogP contribution in [0.2, 0.25) is 0 Å². The SMILES string of the molecule is Cc1nn(CC(=O)NC2CCCC2)c(=O)c2cc3occc3n12. The molecule has 4 rings (SSSR count). The second kappa shape index (κ2) is 5.26. The number of hydrogen-bond donors (Lipinski definition) is 1. The molecule has 1 fully saturated rings. The average Bonchev–Trinajstić information content (AvgIpc) is 3.20. The van der Waals surface area contributed by atoms with E-state index in [0.29, 0.717) is 16.9 Å². The van der Waals surface area contributed by atoms with Gasteiger partial charge >= 0.3 is 0 Å². The van der Waals surface area contributed by atoms with Crippen LogP contribution in [0, 0.1) is 6.92 Å². The van der Waals surface area contributed by atoms with E-state index in [2.05, 4.69) is 10.4 Å². The largest absolute Gasteiger partial charge is 0.463 e. The van der Waals surface area contributed by atoms with E-state index in [4.69, 9.17) is 4.42 Å². The molecule has 1 aliphatic carbocycles. The van der Waals surface area contributed by atoms with Crippen LogP contribution in [0.1, 0.15) is 31.5 Å². The summed E-state index contributed by atoms with van der Waals surface area (Å²) in [7, 11) is 0. The van der Waals surface area contributed by atoms with E-state index in [9.17, 15) is 9.59 Å². The Balaban J connectivity index is 1.68. The fourth-order valence-electron chi connectivity index (χ4n) is 3.42. The van der Waals surface area contributed by atoms with Gasteiger partial charge in [0.05, 0.1) is 11.8 Å². The first-order chi connectivity index (χ1) is 11.1. The van der Waals surface area contributed by atoms with Gasteiger partial charge in [0.2, 0.25) is 5.91 Å². The third-order valence-corrected chi connectivity index (χ3v) is 4.48. The molecule has 0 unspecified atom stereocenters. The minimum absolute atomic E-state index is 0.0563. The molecule has 120 valence electrons. The quantitative estimate of drug-likeness (QED) is 0.796. The second-order valence-electron chi connectivity index (χ2n) is 6.09. The van der Waals surface area contributed by atoms with Crippen molar-refractivity contribution < 1.29 is 9.21 Å². The van der Waals surface area contributed by atoms with Crippen molar-refractivity contribution in [2.75, 3.05) is 0 Å². The number of hydrogen-bond acceptors (Lipinski definition) is 4. The molecule has 23 heavy (non-hydrogen) atoms. The summed E-state index contributed by atoms with van der Waals surface area (Å²) in [6, 6.07) is 3.73. The number of aromatic nitrogens is 3. The Bertz CT molecular complexity index is 943. The summed E-state index contributed by atoms with van der Waals surface area (Å²) in [6.07, 6.45) is 5.91. The molecule has 1 N–H and O–H groups in total. The highest BCUT2D eigenvalue weighted by atomic mass is 16.3. The van der Waals surface area contributed by atoms with E-state index in [0.717, 1.165) is 31.2 Å². The number of amides is 1. The highest BCUT2D eigenvalue weighted by Crippen LogP contribution is 2.20. The van der Waals surface area contributed by atoms with Gasteiger partial charge in [-0.15, -0.1) is 0 Å². The number of nitrogens with one attached hydrogen (secondary N) is 1. The van der Waals surface area contributed by atoms with Gasteiger partial charge in [-0.1, -0.05) is 12.8 Å². The smallest absolute Gasteiger partial charge is 0.291 e. The van der Waals surface area contributed by atoms with Gasteiger partial charge in [-0.3, -0.25) is 14.0 Å². The van der Waals surface area contributed by atoms with E-state index >= 15 is 0 Å². The Kier molecular flexibility index (Phi) is 3.21. The number of furan rings is 1. The van der Waals surface area contributed by atoms with Crippen LogP contribution in [0.3, 0.4) is 0 Å². The van der Waals surface area contributed by atoms with Gasteiger partial charge in [0.15, 0.2) is 5.58 Å². The normalized spacial score (nSPS) is 15.7. The molecule has 0 aromatic carbocycles. The van der Waals surface area contributed by atoms with Crippen molar-refractivity contribution in [2.45, 2.75) is 45.2 Å². The van der Waals surface area contributed by atoms with Gasteiger partial charge in [-0.05, 0) is 19.8 Å². The first kappa shape index (κ1) is 14.0. The summed E-state index contributed by atoms with van der Waals surface area (Å²) in [4.78, 5) is 24.7. The fourth-order valence-corrected chi connectivity index (χ4v) is 3.42. The molecule has 3 heterocycles. The third-order valence-electron chi connectivity index (χ3n) is 4.48. The molecule has 7 nitrogen and oxygen atoms in total. The molecule has 1 amide bonds. The van der Waals surface area contributed by atoms with Crippen molar-refractivity contribution in [3.63, 3.8) is 0 Å². The number of carbonyl (C=O) groups excluding carboxylic acids is 1. The summed E-state index contributed by atoms with van der Waals surface area (Å²) in [5.41, 5.74) is 1.63. The monoisotopic (exact) mass is 314 g/mol. The van der Waals surface area contributed by atoms with Gasteiger partial charge in [0.25, 0.3) is 5.56 Å². The van der Waals surface area contributed by atoms with E-state index in [1.54, 1.807) is 22.8 Å². The molecule has 0 bridgehead atoms. The maximum Gasteiger partial charge on any atom is 0.291 e. The Morgan fingerprint density at radius 1 is 1.39 bits per heavy atom. The van der Waals surface area contributed by atoms with Gasteiger partial charge in [-0.2, -0.15) is 5.10 Å².